The highest BCUT2D eigenvalue weighted by Crippen LogP contribution is 2.29. The summed E-state index contributed by atoms with van der Waals surface area (Å²) in [6.45, 7) is 2.83. The molecule has 2 rings (SSSR count). The fourth-order valence-corrected chi connectivity index (χ4v) is 3.38. The van der Waals surface area contributed by atoms with E-state index in [1.807, 2.05) is 0 Å². The van der Waals surface area contributed by atoms with E-state index in [0.717, 1.165) is 50.0 Å². The molecule has 1 aliphatic heterocycles. The van der Waals surface area contributed by atoms with E-state index in [0.29, 0.717) is 19.0 Å². The minimum atomic E-state index is -4.32. The van der Waals surface area contributed by atoms with E-state index in [1.54, 1.807) is 26.0 Å². The third-order valence-corrected chi connectivity index (χ3v) is 4.97. The van der Waals surface area contributed by atoms with Crippen LogP contribution in [0.25, 0.3) is 0 Å². The van der Waals surface area contributed by atoms with Crippen LogP contribution in [0.1, 0.15) is 30.4 Å². The van der Waals surface area contributed by atoms with E-state index in [2.05, 4.69) is 20.5 Å². The van der Waals surface area contributed by atoms with Crippen LogP contribution in [0.5, 0.6) is 0 Å². The summed E-state index contributed by atoms with van der Waals surface area (Å²) in [7, 11) is 5.22. The van der Waals surface area contributed by atoms with E-state index in [4.69, 9.17) is 0 Å². The maximum absolute atomic E-state index is 12.6. The number of halogens is 3. The molecule has 0 aromatic heterocycles. The summed E-state index contributed by atoms with van der Waals surface area (Å²) in [4.78, 5) is 20.2. The molecule has 1 aromatic rings. The average Bonchev–Trinajstić information content (AvgIpc) is 3.14. The number of carbonyl (C=O) groups excluding carboxylic acids is 1. The molecular weight excluding hydrogens is 383 g/mol. The fraction of sp³-hybridized carbons (Fsp3) is 0.600. The summed E-state index contributed by atoms with van der Waals surface area (Å²) >= 11 is 0. The van der Waals surface area contributed by atoms with Crippen LogP contribution in [-0.4, -0.2) is 68.5 Å². The molecule has 1 unspecified atom stereocenters. The highest BCUT2D eigenvalue weighted by molar-refractivity contribution is 5.81. The Labute approximate surface area is 170 Å². The summed E-state index contributed by atoms with van der Waals surface area (Å²) < 4.78 is 37.8. The molecule has 1 aliphatic rings. The number of benzene rings is 1. The van der Waals surface area contributed by atoms with Gasteiger partial charge in [-0.2, -0.15) is 13.2 Å². The maximum Gasteiger partial charge on any atom is 0.416 e. The maximum atomic E-state index is 12.6. The van der Waals surface area contributed by atoms with Crippen molar-refractivity contribution in [3.05, 3.63) is 35.4 Å². The van der Waals surface area contributed by atoms with Crippen molar-refractivity contribution in [1.82, 2.24) is 20.4 Å². The largest absolute Gasteiger partial charge is 0.416 e. The molecule has 1 heterocycles. The Bertz CT molecular complexity index is 688. The van der Waals surface area contributed by atoms with E-state index in [1.165, 1.54) is 12.1 Å². The minimum absolute atomic E-state index is 0.0258. The van der Waals surface area contributed by atoms with Gasteiger partial charge in [-0.3, -0.25) is 14.7 Å². The topological polar surface area (TPSA) is 60.0 Å². The molecule has 0 radical (unpaired) electrons. The molecule has 29 heavy (non-hydrogen) atoms. The Balaban J connectivity index is 1.72. The Morgan fingerprint density at radius 2 is 1.93 bits per heavy atom. The zero-order valence-corrected chi connectivity index (χ0v) is 17.2. The second-order valence-corrected chi connectivity index (χ2v) is 7.33. The smallest absolute Gasteiger partial charge is 0.356 e. The first-order valence-corrected chi connectivity index (χ1v) is 9.78. The number of nitrogens with zero attached hydrogens (tertiary/aromatic N) is 3. The van der Waals surface area contributed by atoms with E-state index < -0.39 is 11.7 Å². The van der Waals surface area contributed by atoms with Crippen LogP contribution < -0.4 is 10.6 Å². The Morgan fingerprint density at radius 3 is 2.52 bits per heavy atom. The number of alkyl halides is 3. The van der Waals surface area contributed by atoms with Crippen molar-refractivity contribution in [3.63, 3.8) is 0 Å². The molecule has 1 atom stereocenters. The Kier molecular flexibility index (Phi) is 8.31. The Morgan fingerprint density at radius 1 is 1.24 bits per heavy atom. The first kappa shape index (κ1) is 23.0. The molecule has 1 amide bonds. The van der Waals surface area contributed by atoms with E-state index in [9.17, 15) is 18.0 Å². The van der Waals surface area contributed by atoms with E-state index in [-0.39, 0.29) is 11.9 Å². The van der Waals surface area contributed by atoms with Crippen LogP contribution >= 0.6 is 0 Å². The first-order valence-electron chi connectivity index (χ1n) is 9.78. The number of amides is 1. The van der Waals surface area contributed by atoms with Gasteiger partial charge in [-0.1, -0.05) is 12.1 Å². The zero-order chi connectivity index (χ0) is 21.4. The van der Waals surface area contributed by atoms with Gasteiger partial charge in [0.2, 0.25) is 5.91 Å². The molecule has 0 bridgehead atoms. The van der Waals surface area contributed by atoms with Gasteiger partial charge in [0.15, 0.2) is 5.96 Å². The van der Waals surface area contributed by atoms with Crippen molar-refractivity contribution in [3.8, 4) is 0 Å². The van der Waals surface area contributed by atoms with Crippen LogP contribution in [0.15, 0.2) is 29.3 Å². The van der Waals surface area contributed by atoms with Crippen molar-refractivity contribution >= 4 is 11.9 Å². The quantitative estimate of drug-likeness (QED) is 0.409. The molecule has 1 aromatic carbocycles. The predicted molar refractivity (Wildman–Crippen MR) is 108 cm³/mol. The summed E-state index contributed by atoms with van der Waals surface area (Å²) in [5, 5.41) is 6.30. The molecule has 6 nitrogen and oxygen atoms in total. The van der Waals surface area contributed by atoms with Crippen molar-refractivity contribution in [2.45, 2.75) is 38.0 Å². The molecule has 0 aliphatic carbocycles. The van der Waals surface area contributed by atoms with Gasteiger partial charge < -0.3 is 15.5 Å². The number of likely N-dealkylation sites (tertiary alicyclic amines) is 1. The second kappa shape index (κ2) is 10.5. The van der Waals surface area contributed by atoms with Crippen LogP contribution in [0.2, 0.25) is 0 Å². The van der Waals surface area contributed by atoms with Gasteiger partial charge in [-0.05, 0) is 43.5 Å². The molecule has 1 saturated heterocycles. The lowest BCUT2D eigenvalue weighted by atomic mass is 10.1. The SMILES string of the molecule is CN=C(NCCCN1CCCC1C(=O)N(C)C)NCc1ccc(C(F)(F)F)cc1. The number of carbonyl (C=O) groups is 1. The lowest BCUT2D eigenvalue weighted by Crippen LogP contribution is -2.44. The average molecular weight is 413 g/mol. The van der Waals surface area contributed by atoms with Crippen LogP contribution in [0.3, 0.4) is 0 Å². The third kappa shape index (κ3) is 6.92. The molecular formula is C20H30F3N5O. The lowest BCUT2D eigenvalue weighted by molar-refractivity contribution is -0.137. The van der Waals surface area contributed by atoms with Gasteiger partial charge in [-0.25, -0.2) is 0 Å². The summed E-state index contributed by atoms with van der Waals surface area (Å²) in [5.41, 5.74) is 0.0831. The summed E-state index contributed by atoms with van der Waals surface area (Å²) in [6, 6.07) is 5.04. The van der Waals surface area contributed by atoms with Gasteiger partial charge in [-0.15, -0.1) is 0 Å². The lowest BCUT2D eigenvalue weighted by Gasteiger charge is -2.26. The number of likely N-dealkylation sites (N-methyl/N-ethyl adjacent to an activating group) is 1. The van der Waals surface area contributed by atoms with E-state index >= 15 is 0 Å². The van der Waals surface area contributed by atoms with Gasteiger partial charge in [0.05, 0.1) is 11.6 Å². The number of hydrogen-bond acceptors (Lipinski definition) is 3. The van der Waals surface area contributed by atoms with Crippen LogP contribution in [0.4, 0.5) is 13.2 Å². The number of rotatable bonds is 7. The monoisotopic (exact) mass is 413 g/mol. The fourth-order valence-electron chi connectivity index (χ4n) is 3.38. The second-order valence-electron chi connectivity index (χ2n) is 7.33. The molecule has 0 saturated carbocycles. The number of aliphatic imine (C=N–C) groups is 1. The minimum Gasteiger partial charge on any atom is -0.356 e. The molecule has 0 spiro atoms. The van der Waals surface area contributed by atoms with Crippen LogP contribution in [0, 0.1) is 0 Å². The standard InChI is InChI=1S/C20H30F3N5O/c1-24-19(26-14-15-7-9-16(10-8-15)20(21,22)23)25-11-5-13-28-12-4-6-17(28)18(29)27(2)3/h7-10,17H,4-6,11-14H2,1-3H3,(H2,24,25,26). The Hall–Kier alpha value is -2.29. The third-order valence-electron chi connectivity index (χ3n) is 4.97. The van der Waals surface area contributed by atoms with Crippen LogP contribution in [-0.2, 0) is 17.5 Å². The molecule has 9 heteroatoms. The predicted octanol–water partition coefficient (Wildman–Crippen LogP) is 2.31. The molecule has 162 valence electrons. The molecule has 1 fully saturated rings. The van der Waals surface area contributed by atoms with Gasteiger partial charge in [0.25, 0.3) is 0 Å². The van der Waals surface area contributed by atoms with Crippen molar-refractivity contribution in [2.75, 3.05) is 40.8 Å². The van der Waals surface area contributed by atoms with Gasteiger partial charge in [0, 0.05) is 40.8 Å². The van der Waals surface area contributed by atoms with Crippen molar-refractivity contribution in [2.24, 2.45) is 4.99 Å². The summed E-state index contributed by atoms with van der Waals surface area (Å²) in [6.07, 6.45) is -1.53. The first-order chi connectivity index (χ1) is 13.7. The van der Waals surface area contributed by atoms with Gasteiger partial charge >= 0.3 is 6.18 Å². The number of guanidine groups is 1. The van der Waals surface area contributed by atoms with Crippen molar-refractivity contribution < 1.29 is 18.0 Å². The summed E-state index contributed by atoms with van der Waals surface area (Å²) in [5.74, 6) is 0.747. The normalized spacial score (nSPS) is 18.0. The zero-order valence-electron chi connectivity index (χ0n) is 17.2. The highest BCUT2D eigenvalue weighted by atomic mass is 19.4. The number of hydrogen-bond donors (Lipinski definition) is 2. The van der Waals surface area contributed by atoms with Crippen molar-refractivity contribution in [1.29, 1.82) is 0 Å². The number of nitrogens with one attached hydrogen (secondary N) is 2. The highest BCUT2D eigenvalue weighted by Gasteiger charge is 2.31. The molecule has 2 N–H and O–H groups in total. The van der Waals surface area contributed by atoms with Gasteiger partial charge in [0.1, 0.15) is 0 Å².